The molecule has 0 bridgehead atoms. The van der Waals surface area contributed by atoms with Crippen LogP contribution in [0.4, 0.5) is 5.69 Å². The van der Waals surface area contributed by atoms with E-state index in [1.165, 1.54) is 24.3 Å². The molecule has 25 heavy (non-hydrogen) atoms. The van der Waals surface area contributed by atoms with Crippen LogP contribution in [0.2, 0.25) is 0 Å². The summed E-state index contributed by atoms with van der Waals surface area (Å²) in [6.45, 7) is 0.653. The van der Waals surface area contributed by atoms with Crippen LogP contribution in [-0.2, 0) is 20.0 Å². The van der Waals surface area contributed by atoms with Gasteiger partial charge < -0.3 is 15.8 Å². The van der Waals surface area contributed by atoms with Crippen molar-refractivity contribution in [3.05, 3.63) is 24.3 Å². The van der Waals surface area contributed by atoms with Gasteiger partial charge in [-0.1, -0.05) is 0 Å². The number of guanidine groups is 1. The Kier molecular flexibility index (Phi) is 5.78. The van der Waals surface area contributed by atoms with Crippen molar-refractivity contribution in [3.8, 4) is 5.75 Å². The molecule has 140 valence electrons. The smallest absolute Gasteiger partial charge is 0.245 e. The van der Waals surface area contributed by atoms with E-state index in [0.717, 1.165) is 25.4 Å². The fraction of sp³-hybridized carbons (Fsp3) is 0.500. The van der Waals surface area contributed by atoms with Gasteiger partial charge in [0.25, 0.3) is 0 Å². The van der Waals surface area contributed by atoms with Gasteiger partial charge in [-0.3, -0.25) is 0 Å². The highest BCUT2D eigenvalue weighted by atomic mass is 32.3. The predicted octanol–water partition coefficient (Wildman–Crippen LogP) is -0.142. The molecule has 0 atom stereocenters. The lowest BCUT2D eigenvalue weighted by Crippen LogP contribution is -2.35. The van der Waals surface area contributed by atoms with Crippen molar-refractivity contribution in [2.75, 3.05) is 29.4 Å². The molecular weight excluding hydrogens is 368 g/mol. The highest BCUT2D eigenvalue weighted by Crippen LogP contribution is 2.24. The van der Waals surface area contributed by atoms with Gasteiger partial charge in [0, 0.05) is 6.04 Å². The van der Waals surface area contributed by atoms with Gasteiger partial charge in [-0.25, -0.2) is 21.8 Å². The van der Waals surface area contributed by atoms with Crippen molar-refractivity contribution in [3.63, 3.8) is 0 Å². The standard InChI is InChI=1S/C14H22N4O5S2/c1-24(19,20)18(25(2,21)22)12-5-7-13(8-6-12)23-10-9-16-14(15)17-11-3-4-11/h5-8,11H,3-4,9-10H2,1-2H3,(H3,15,16,17). The number of sulfonamides is 2. The van der Waals surface area contributed by atoms with E-state index in [0.29, 0.717) is 28.0 Å². The lowest BCUT2D eigenvalue weighted by atomic mass is 10.3. The lowest BCUT2D eigenvalue weighted by Gasteiger charge is -2.19. The molecule has 11 heteroatoms. The van der Waals surface area contributed by atoms with Crippen LogP contribution in [0.1, 0.15) is 12.8 Å². The van der Waals surface area contributed by atoms with Gasteiger partial charge in [0.2, 0.25) is 20.0 Å². The maximum Gasteiger partial charge on any atom is 0.245 e. The van der Waals surface area contributed by atoms with Crippen LogP contribution < -0.4 is 19.5 Å². The first-order valence-corrected chi connectivity index (χ1v) is 11.3. The maximum atomic E-state index is 11.7. The average Bonchev–Trinajstić information content (AvgIpc) is 3.26. The molecule has 0 spiro atoms. The summed E-state index contributed by atoms with van der Waals surface area (Å²) in [5.74, 6) is 0.855. The van der Waals surface area contributed by atoms with Crippen LogP contribution in [-0.4, -0.2) is 54.5 Å². The third kappa shape index (κ3) is 6.09. The number of benzene rings is 1. The number of nitrogens with two attached hydrogens (primary N) is 1. The molecule has 1 aliphatic carbocycles. The molecule has 0 heterocycles. The highest BCUT2D eigenvalue weighted by Gasteiger charge is 2.27. The van der Waals surface area contributed by atoms with Crippen molar-refractivity contribution in [2.24, 2.45) is 10.7 Å². The normalized spacial score (nSPS) is 15.7. The molecule has 1 fully saturated rings. The van der Waals surface area contributed by atoms with E-state index in [2.05, 4.69) is 10.3 Å². The van der Waals surface area contributed by atoms with Gasteiger partial charge in [0.1, 0.15) is 12.4 Å². The van der Waals surface area contributed by atoms with E-state index in [-0.39, 0.29) is 12.3 Å². The molecule has 2 rings (SSSR count). The fourth-order valence-corrected chi connectivity index (χ4v) is 5.08. The molecule has 0 radical (unpaired) electrons. The van der Waals surface area contributed by atoms with Crippen LogP contribution in [0.25, 0.3) is 0 Å². The molecule has 1 aromatic rings. The number of hydrogen-bond acceptors (Lipinski definition) is 6. The topological polar surface area (TPSA) is 131 Å². The van der Waals surface area contributed by atoms with Crippen molar-refractivity contribution in [1.82, 2.24) is 5.32 Å². The van der Waals surface area contributed by atoms with E-state index in [4.69, 9.17) is 10.5 Å². The molecule has 1 aliphatic rings. The Hall–Kier alpha value is -2.01. The molecule has 1 aromatic carbocycles. The number of aliphatic imine (C=N–C) groups is 1. The number of nitrogens with one attached hydrogen (secondary N) is 1. The summed E-state index contributed by atoms with van der Waals surface area (Å²) >= 11 is 0. The summed E-state index contributed by atoms with van der Waals surface area (Å²) in [6.07, 6.45) is 3.88. The Morgan fingerprint density at radius 3 is 2.24 bits per heavy atom. The van der Waals surface area contributed by atoms with Crippen molar-refractivity contribution >= 4 is 31.7 Å². The molecule has 0 aromatic heterocycles. The van der Waals surface area contributed by atoms with E-state index in [1.807, 2.05) is 0 Å². The summed E-state index contributed by atoms with van der Waals surface area (Å²) in [4.78, 5) is 4.12. The molecule has 0 amide bonds. The number of hydrogen-bond donors (Lipinski definition) is 2. The second kappa shape index (κ2) is 7.48. The van der Waals surface area contributed by atoms with E-state index in [9.17, 15) is 16.8 Å². The van der Waals surface area contributed by atoms with Crippen molar-refractivity contribution in [2.45, 2.75) is 18.9 Å². The minimum atomic E-state index is -3.96. The monoisotopic (exact) mass is 390 g/mol. The van der Waals surface area contributed by atoms with Gasteiger partial charge in [-0.05, 0) is 37.1 Å². The molecular formula is C14H22N4O5S2. The zero-order valence-electron chi connectivity index (χ0n) is 14.0. The summed E-state index contributed by atoms with van der Waals surface area (Å²) in [6, 6.07) is 6.15. The largest absolute Gasteiger partial charge is 0.492 e. The third-order valence-corrected chi connectivity index (χ3v) is 6.47. The second-order valence-electron chi connectivity index (χ2n) is 5.75. The lowest BCUT2D eigenvalue weighted by molar-refractivity contribution is 0.328. The molecule has 0 saturated heterocycles. The number of nitrogens with zero attached hydrogens (tertiary/aromatic N) is 2. The fourth-order valence-electron chi connectivity index (χ4n) is 2.11. The zero-order valence-corrected chi connectivity index (χ0v) is 15.7. The SMILES string of the molecule is CS(=O)(=O)N(c1ccc(OCCN=C(N)NC2CC2)cc1)S(C)(=O)=O. The van der Waals surface area contributed by atoms with E-state index < -0.39 is 20.0 Å². The van der Waals surface area contributed by atoms with Crippen LogP contribution in [0.5, 0.6) is 5.75 Å². The van der Waals surface area contributed by atoms with Crippen molar-refractivity contribution in [1.29, 1.82) is 0 Å². The Morgan fingerprint density at radius 1 is 1.20 bits per heavy atom. The van der Waals surface area contributed by atoms with Crippen LogP contribution in [0, 0.1) is 0 Å². The number of rotatable bonds is 8. The van der Waals surface area contributed by atoms with Crippen LogP contribution in [0.3, 0.4) is 0 Å². The number of anilines is 1. The van der Waals surface area contributed by atoms with Gasteiger partial charge in [0.05, 0.1) is 24.7 Å². The average molecular weight is 390 g/mol. The molecule has 9 nitrogen and oxygen atoms in total. The van der Waals surface area contributed by atoms with Crippen molar-refractivity contribution < 1.29 is 21.6 Å². The first-order valence-electron chi connectivity index (χ1n) is 7.57. The Bertz CT molecular complexity index is 798. The summed E-state index contributed by atoms with van der Waals surface area (Å²) in [5, 5.41) is 3.05. The first kappa shape index (κ1) is 19.3. The second-order valence-corrected chi connectivity index (χ2v) is 9.64. The molecule has 0 aliphatic heterocycles. The quantitative estimate of drug-likeness (QED) is 0.359. The molecule has 3 N–H and O–H groups in total. The highest BCUT2D eigenvalue weighted by molar-refractivity contribution is 8.09. The van der Waals surface area contributed by atoms with Crippen LogP contribution >= 0.6 is 0 Å². The summed E-state index contributed by atoms with van der Waals surface area (Å²) < 4.78 is 52.7. The Morgan fingerprint density at radius 2 is 1.76 bits per heavy atom. The van der Waals surface area contributed by atoms with Gasteiger partial charge in [-0.15, -0.1) is 0 Å². The van der Waals surface area contributed by atoms with Gasteiger partial charge >= 0.3 is 0 Å². The van der Waals surface area contributed by atoms with Gasteiger partial charge in [0.15, 0.2) is 5.96 Å². The van der Waals surface area contributed by atoms with E-state index >= 15 is 0 Å². The molecule has 1 saturated carbocycles. The Labute approximate surface area is 148 Å². The minimum absolute atomic E-state index is 0.0215. The summed E-state index contributed by atoms with van der Waals surface area (Å²) in [7, 11) is -7.92. The predicted molar refractivity (Wildman–Crippen MR) is 96.8 cm³/mol. The summed E-state index contributed by atoms with van der Waals surface area (Å²) in [5.41, 5.74) is 5.71. The minimum Gasteiger partial charge on any atom is -0.492 e. The zero-order chi connectivity index (χ0) is 18.7. The van der Waals surface area contributed by atoms with Crippen LogP contribution in [0.15, 0.2) is 29.3 Å². The van der Waals surface area contributed by atoms with E-state index in [1.54, 1.807) is 0 Å². The first-order chi connectivity index (χ1) is 11.6. The number of ether oxygens (including phenoxy) is 1. The maximum absolute atomic E-state index is 11.7. The third-order valence-electron chi connectivity index (χ3n) is 3.22. The molecule has 0 unspecified atom stereocenters. The van der Waals surface area contributed by atoms with Gasteiger partial charge in [-0.2, -0.15) is 3.71 Å². The Balaban J connectivity index is 1.94.